The van der Waals surface area contributed by atoms with Crippen LogP contribution in [0.3, 0.4) is 0 Å². The van der Waals surface area contributed by atoms with Gasteiger partial charge >= 0.3 is 0 Å². The van der Waals surface area contributed by atoms with Gasteiger partial charge in [-0.3, -0.25) is 0 Å². The van der Waals surface area contributed by atoms with E-state index < -0.39 is 0 Å². The van der Waals surface area contributed by atoms with Crippen molar-refractivity contribution in [3.8, 4) is 0 Å². The zero-order valence-corrected chi connectivity index (χ0v) is 12.9. The molecular weight excluding hydrogens is 256 g/mol. The Morgan fingerprint density at radius 1 is 0.857 bits per heavy atom. The van der Waals surface area contributed by atoms with Gasteiger partial charge in [-0.2, -0.15) is 0 Å². The lowest BCUT2D eigenvalue weighted by Gasteiger charge is -2.06. The minimum absolute atomic E-state index is 0.724. The fourth-order valence-electron chi connectivity index (χ4n) is 2.54. The summed E-state index contributed by atoms with van der Waals surface area (Å²) in [5.41, 5.74) is 1.26. The highest BCUT2D eigenvalue weighted by molar-refractivity contribution is 5.82. The lowest BCUT2D eigenvalue weighted by Crippen LogP contribution is -1.95. The van der Waals surface area contributed by atoms with Crippen molar-refractivity contribution in [2.75, 3.05) is 6.61 Å². The van der Waals surface area contributed by atoms with E-state index in [9.17, 15) is 0 Å². The topological polar surface area (TPSA) is 9.23 Å². The molecule has 0 amide bonds. The largest absolute Gasteiger partial charge is 0.377 e. The summed E-state index contributed by atoms with van der Waals surface area (Å²) >= 11 is 0. The Bertz CT molecular complexity index is 544. The molecule has 0 aliphatic carbocycles. The van der Waals surface area contributed by atoms with Crippen LogP contribution < -0.4 is 0 Å². The molecule has 1 nitrogen and oxygen atoms in total. The molecule has 2 rings (SSSR count). The van der Waals surface area contributed by atoms with Crippen molar-refractivity contribution in [1.82, 2.24) is 0 Å². The van der Waals surface area contributed by atoms with Crippen LogP contribution in [0.15, 0.2) is 55.1 Å². The van der Waals surface area contributed by atoms with Gasteiger partial charge in [0.25, 0.3) is 0 Å². The number of fused-ring (bicyclic) bond motifs is 1. The van der Waals surface area contributed by atoms with E-state index >= 15 is 0 Å². The highest BCUT2D eigenvalue weighted by Crippen LogP contribution is 2.16. The number of ether oxygens (including phenoxy) is 1. The molecule has 0 N–H and O–H groups in total. The van der Waals surface area contributed by atoms with Crippen LogP contribution in [-0.4, -0.2) is 6.61 Å². The molecule has 0 unspecified atom stereocenters. The number of allylic oxidation sites excluding steroid dienone is 1. The van der Waals surface area contributed by atoms with E-state index in [0.29, 0.717) is 0 Å². The zero-order chi connectivity index (χ0) is 14.8. The zero-order valence-electron chi connectivity index (χ0n) is 12.9. The summed E-state index contributed by atoms with van der Waals surface area (Å²) in [5.74, 6) is 0. The second-order valence-electron chi connectivity index (χ2n) is 5.58. The third-order valence-electron chi connectivity index (χ3n) is 3.78. The Hall–Kier alpha value is -1.60. The van der Waals surface area contributed by atoms with Crippen LogP contribution in [0.25, 0.3) is 10.8 Å². The maximum absolute atomic E-state index is 5.78. The molecule has 0 aromatic heterocycles. The van der Waals surface area contributed by atoms with Crippen LogP contribution in [-0.2, 0) is 11.3 Å². The average Bonchev–Trinajstić information content (AvgIpc) is 2.53. The maximum atomic E-state index is 5.78. The van der Waals surface area contributed by atoms with Gasteiger partial charge in [-0.15, -0.1) is 6.58 Å². The average molecular weight is 282 g/mol. The Morgan fingerprint density at radius 3 is 2.48 bits per heavy atom. The van der Waals surface area contributed by atoms with Crippen LogP contribution >= 0.6 is 0 Å². The Morgan fingerprint density at radius 2 is 1.62 bits per heavy atom. The number of rotatable bonds is 10. The van der Waals surface area contributed by atoms with Crippen LogP contribution in [0.1, 0.15) is 44.1 Å². The van der Waals surface area contributed by atoms with Gasteiger partial charge in [-0.1, -0.05) is 61.7 Å². The maximum Gasteiger partial charge on any atom is 0.0717 e. The number of hydrogen-bond acceptors (Lipinski definition) is 1. The fraction of sp³-hybridized carbons (Fsp3) is 0.400. The van der Waals surface area contributed by atoms with Gasteiger partial charge in [0.15, 0.2) is 0 Å². The van der Waals surface area contributed by atoms with E-state index in [2.05, 4.69) is 49.0 Å². The molecule has 0 spiro atoms. The number of unbranched alkanes of at least 4 members (excludes halogenated alkanes) is 5. The fourth-order valence-corrected chi connectivity index (χ4v) is 2.54. The molecule has 0 atom stereocenters. The predicted molar refractivity (Wildman–Crippen MR) is 91.5 cm³/mol. The van der Waals surface area contributed by atoms with Crippen molar-refractivity contribution in [2.24, 2.45) is 0 Å². The van der Waals surface area contributed by atoms with Crippen LogP contribution in [0.2, 0.25) is 0 Å². The van der Waals surface area contributed by atoms with Crippen molar-refractivity contribution in [1.29, 1.82) is 0 Å². The minimum atomic E-state index is 0.724. The van der Waals surface area contributed by atoms with Gasteiger partial charge in [0.2, 0.25) is 0 Å². The Labute approximate surface area is 128 Å². The van der Waals surface area contributed by atoms with Crippen molar-refractivity contribution in [3.63, 3.8) is 0 Å². The molecule has 0 saturated carbocycles. The second-order valence-corrected chi connectivity index (χ2v) is 5.58. The van der Waals surface area contributed by atoms with E-state index in [1.165, 1.54) is 48.4 Å². The molecule has 0 fully saturated rings. The van der Waals surface area contributed by atoms with E-state index in [1.807, 2.05) is 6.08 Å². The number of hydrogen-bond donors (Lipinski definition) is 0. The molecule has 0 saturated heterocycles. The van der Waals surface area contributed by atoms with E-state index in [4.69, 9.17) is 4.74 Å². The summed E-state index contributed by atoms with van der Waals surface area (Å²) in [7, 11) is 0. The monoisotopic (exact) mass is 282 g/mol. The molecular formula is C20H26O. The van der Waals surface area contributed by atoms with Crippen molar-refractivity contribution in [3.05, 3.63) is 60.7 Å². The lowest BCUT2D eigenvalue weighted by atomic mass is 10.1. The third kappa shape index (κ3) is 5.73. The molecule has 0 heterocycles. The molecule has 21 heavy (non-hydrogen) atoms. The van der Waals surface area contributed by atoms with E-state index in [-0.39, 0.29) is 0 Å². The van der Waals surface area contributed by atoms with Gasteiger partial charge in [0, 0.05) is 6.61 Å². The predicted octanol–water partition coefficient (Wildman–Crippen LogP) is 5.88. The molecule has 1 heteroatoms. The van der Waals surface area contributed by atoms with Crippen molar-refractivity contribution < 1.29 is 4.74 Å². The lowest BCUT2D eigenvalue weighted by molar-refractivity contribution is 0.117. The van der Waals surface area contributed by atoms with Gasteiger partial charge in [0.05, 0.1) is 6.61 Å². The van der Waals surface area contributed by atoms with Gasteiger partial charge in [-0.05, 0) is 41.7 Å². The van der Waals surface area contributed by atoms with Crippen molar-refractivity contribution >= 4 is 10.8 Å². The normalized spacial score (nSPS) is 10.9. The molecule has 0 aliphatic rings. The first-order valence-corrected chi connectivity index (χ1v) is 8.06. The summed E-state index contributed by atoms with van der Waals surface area (Å²) in [6.45, 7) is 5.34. The minimum Gasteiger partial charge on any atom is -0.377 e. The molecule has 0 radical (unpaired) electrons. The molecule has 0 bridgehead atoms. The second kappa shape index (κ2) is 9.36. The summed E-state index contributed by atoms with van der Waals surface area (Å²) < 4.78 is 5.78. The molecule has 2 aromatic carbocycles. The van der Waals surface area contributed by atoms with E-state index in [1.54, 1.807) is 0 Å². The van der Waals surface area contributed by atoms with Gasteiger partial charge in [-0.25, -0.2) is 0 Å². The molecule has 0 aliphatic heterocycles. The van der Waals surface area contributed by atoms with Crippen LogP contribution in [0.5, 0.6) is 0 Å². The third-order valence-corrected chi connectivity index (χ3v) is 3.78. The highest BCUT2D eigenvalue weighted by atomic mass is 16.5. The summed E-state index contributed by atoms with van der Waals surface area (Å²) in [5, 5.41) is 2.58. The van der Waals surface area contributed by atoms with Gasteiger partial charge in [0.1, 0.15) is 0 Å². The summed E-state index contributed by atoms with van der Waals surface area (Å²) in [4.78, 5) is 0. The first kappa shape index (κ1) is 15.8. The quantitative estimate of drug-likeness (QED) is 0.390. The molecule has 2 aromatic rings. The molecule has 112 valence electrons. The summed E-state index contributed by atoms with van der Waals surface area (Å²) in [6.07, 6.45) is 9.51. The first-order chi connectivity index (χ1) is 10.4. The first-order valence-electron chi connectivity index (χ1n) is 8.06. The van der Waals surface area contributed by atoms with Crippen LogP contribution in [0, 0.1) is 0 Å². The summed E-state index contributed by atoms with van der Waals surface area (Å²) in [6, 6.07) is 15.0. The number of benzene rings is 2. The van der Waals surface area contributed by atoms with Crippen molar-refractivity contribution in [2.45, 2.75) is 45.1 Å². The van der Waals surface area contributed by atoms with Crippen LogP contribution in [0.4, 0.5) is 0 Å². The Balaban J connectivity index is 1.60. The Kier molecular flexibility index (Phi) is 7.03. The smallest absolute Gasteiger partial charge is 0.0717 e. The standard InChI is InChI=1S/C20H26O/c1-2-3-4-5-6-7-10-15-21-17-18-13-14-19-11-8-9-12-20(19)16-18/h2,8-9,11-14,16H,1,3-7,10,15,17H2. The highest BCUT2D eigenvalue weighted by Gasteiger charge is 1.97. The SMILES string of the molecule is C=CCCCCCCCOCc1ccc2ccccc2c1. The van der Waals surface area contributed by atoms with Gasteiger partial charge < -0.3 is 4.74 Å². The van der Waals surface area contributed by atoms with E-state index in [0.717, 1.165) is 19.6 Å².